The topological polar surface area (TPSA) is 12.4 Å². The fourth-order valence-electron chi connectivity index (χ4n) is 0.505. The van der Waals surface area contributed by atoms with Crippen LogP contribution < -0.4 is 0 Å². The fraction of sp³-hybridized carbons (Fsp3) is 0.222. The summed E-state index contributed by atoms with van der Waals surface area (Å²) in [7, 11) is 0. The summed E-state index contributed by atoms with van der Waals surface area (Å²) >= 11 is 0. The number of allylic oxidation sites excluding steroid dienone is 5. The summed E-state index contributed by atoms with van der Waals surface area (Å²) in [6.45, 7) is 7.32. The normalized spacial score (nSPS) is 13.2. The summed E-state index contributed by atoms with van der Waals surface area (Å²) in [6, 6.07) is 0. The third-order valence-electron chi connectivity index (χ3n) is 1.05. The van der Waals surface area contributed by atoms with E-state index in [1.807, 2.05) is 44.2 Å². The van der Waals surface area contributed by atoms with Crippen molar-refractivity contribution in [2.75, 3.05) is 0 Å². The molecule has 0 aliphatic heterocycles. The number of nitrogens with zero attached hydrogens (tertiary/aromatic N) is 1. The van der Waals surface area contributed by atoms with Gasteiger partial charge in [-0.15, -0.1) is 0 Å². The molecular formula is C9H13N. The van der Waals surface area contributed by atoms with Crippen LogP contribution in [0.25, 0.3) is 0 Å². The highest BCUT2D eigenvalue weighted by Gasteiger charge is 1.77. The van der Waals surface area contributed by atoms with Gasteiger partial charge in [0.1, 0.15) is 0 Å². The van der Waals surface area contributed by atoms with E-state index < -0.39 is 0 Å². The van der Waals surface area contributed by atoms with Gasteiger partial charge in [-0.25, -0.2) is 0 Å². The lowest BCUT2D eigenvalue weighted by Gasteiger charge is -1.85. The molecule has 0 N–H and O–H groups in total. The minimum Gasteiger partial charge on any atom is -0.265 e. The third kappa shape index (κ3) is 3.84. The second kappa shape index (κ2) is 6.02. The van der Waals surface area contributed by atoms with Crippen LogP contribution in [0.15, 0.2) is 41.1 Å². The Bertz CT molecular complexity index is 173. The molecule has 0 bridgehead atoms. The van der Waals surface area contributed by atoms with E-state index in [0.717, 1.165) is 5.70 Å². The van der Waals surface area contributed by atoms with Crippen molar-refractivity contribution in [1.29, 1.82) is 0 Å². The van der Waals surface area contributed by atoms with E-state index in [1.165, 1.54) is 0 Å². The molecule has 0 rings (SSSR count). The zero-order chi connectivity index (χ0) is 7.82. The first-order chi connectivity index (χ1) is 4.85. The maximum absolute atomic E-state index is 3.77. The van der Waals surface area contributed by atoms with Gasteiger partial charge in [0.15, 0.2) is 0 Å². The van der Waals surface area contributed by atoms with Crippen molar-refractivity contribution in [1.82, 2.24) is 0 Å². The highest BCUT2D eigenvalue weighted by molar-refractivity contribution is 5.33. The molecule has 0 amide bonds. The van der Waals surface area contributed by atoms with Gasteiger partial charge in [-0.3, -0.25) is 4.99 Å². The van der Waals surface area contributed by atoms with Gasteiger partial charge in [0.2, 0.25) is 0 Å². The Morgan fingerprint density at radius 2 is 2.00 bits per heavy atom. The van der Waals surface area contributed by atoms with Crippen LogP contribution >= 0.6 is 0 Å². The lowest BCUT2D eigenvalue weighted by molar-refractivity contribution is 1.40. The largest absolute Gasteiger partial charge is 0.265 e. The highest BCUT2D eigenvalue weighted by Crippen LogP contribution is 1.96. The smallest absolute Gasteiger partial charge is 0.0579 e. The molecule has 0 saturated carbocycles. The molecule has 0 atom stereocenters. The van der Waals surface area contributed by atoms with Gasteiger partial charge < -0.3 is 0 Å². The number of aliphatic imine (C=N–C) groups is 1. The van der Waals surface area contributed by atoms with E-state index in [1.54, 1.807) is 0 Å². The molecule has 0 aromatic rings. The molecule has 1 heteroatoms. The monoisotopic (exact) mass is 135 g/mol. The molecule has 0 aliphatic rings. The molecule has 54 valence electrons. The molecule has 0 aliphatic carbocycles. The van der Waals surface area contributed by atoms with Gasteiger partial charge in [0.25, 0.3) is 0 Å². The summed E-state index contributed by atoms with van der Waals surface area (Å²) in [5.74, 6) is 0. The van der Waals surface area contributed by atoms with Gasteiger partial charge in [-0.1, -0.05) is 24.3 Å². The van der Waals surface area contributed by atoms with Crippen molar-refractivity contribution in [2.45, 2.75) is 13.8 Å². The van der Waals surface area contributed by atoms with E-state index >= 15 is 0 Å². The van der Waals surface area contributed by atoms with E-state index in [9.17, 15) is 0 Å². The first-order valence-electron chi connectivity index (χ1n) is 3.27. The maximum Gasteiger partial charge on any atom is 0.0579 e. The summed E-state index contributed by atoms with van der Waals surface area (Å²) < 4.78 is 0. The van der Waals surface area contributed by atoms with Gasteiger partial charge in [-0.05, 0) is 26.6 Å². The minimum absolute atomic E-state index is 0.901. The fourth-order valence-corrected chi connectivity index (χ4v) is 0.505. The molecule has 0 spiro atoms. The Balaban J connectivity index is 3.98. The Kier molecular flexibility index (Phi) is 5.35. The van der Waals surface area contributed by atoms with E-state index in [2.05, 4.69) is 11.7 Å². The van der Waals surface area contributed by atoms with Gasteiger partial charge >= 0.3 is 0 Å². The molecule has 0 saturated heterocycles. The summed E-state index contributed by atoms with van der Waals surface area (Å²) in [5.41, 5.74) is 0.901. The third-order valence-corrected chi connectivity index (χ3v) is 1.05. The Hall–Kier alpha value is -1.11. The Morgan fingerprint density at radius 3 is 2.40 bits per heavy atom. The molecule has 0 heterocycles. The maximum atomic E-state index is 3.77. The van der Waals surface area contributed by atoms with Crippen molar-refractivity contribution < 1.29 is 0 Å². The van der Waals surface area contributed by atoms with Crippen LogP contribution in [-0.4, -0.2) is 6.72 Å². The lowest BCUT2D eigenvalue weighted by atomic mass is 10.3. The first-order valence-corrected chi connectivity index (χ1v) is 3.27. The number of rotatable bonds is 3. The quantitative estimate of drug-likeness (QED) is 0.417. The minimum atomic E-state index is 0.901. The van der Waals surface area contributed by atoms with Crippen LogP contribution in [0, 0.1) is 0 Å². The standard InChI is InChI=1S/C9H13N/c1-4-6-7-8-9(5-2)10-3/h4-8H,3H2,1-2H3/b6-4-,8-7-,9-5+. The molecule has 0 aromatic carbocycles. The zero-order valence-electron chi connectivity index (χ0n) is 6.54. The first kappa shape index (κ1) is 8.89. The predicted molar refractivity (Wildman–Crippen MR) is 47.3 cm³/mol. The highest BCUT2D eigenvalue weighted by atomic mass is 14.7. The summed E-state index contributed by atoms with van der Waals surface area (Å²) in [4.78, 5) is 3.77. The second-order valence-electron chi connectivity index (χ2n) is 1.76. The van der Waals surface area contributed by atoms with Crippen LogP contribution in [0.5, 0.6) is 0 Å². The average molecular weight is 135 g/mol. The Morgan fingerprint density at radius 1 is 1.30 bits per heavy atom. The number of hydrogen-bond acceptors (Lipinski definition) is 1. The van der Waals surface area contributed by atoms with Crippen LogP contribution in [0.2, 0.25) is 0 Å². The van der Waals surface area contributed by atoms with Crippen molar-refractivity contribution in [3.8, 4) is 0 Å². The molecule has 0 radical (unpaired) electrons. The average Bonchev–Trinajstić information content (AvgIpc) is 1.99. The van der Waals surface area contributed by atoms with Crippen molar-refractivity contribution in [2.24, 2.45) is 4.99 Å². The van der Waals surface area contributed by atoms with Crippen LogP contribution in [0.1, 0.15) is 13.8 Å². The van der Waals surface area contributed by atoms with Crippen molar-refractivity contribution >= 4 is 6.72 Å². The van der Waals surface area contributed by atoms with Crippen LogP contribution in [-0.2, 0) is 0 Å². The van der Waals surface area contributed by atoms with Gasteiger partial charge in [-0.2, -0.15) is 0 Å². The lowest BCUT2D eigenvalue weighted by Crippen LogP contribution is -1.66. The van der Waals surface area contributed by atoms with Crippen molar-refractivity contribution in [3.63, 3.8) is 0 Å². The van der Waals surface area contributed by atoms with E-state index in [-0.39, 0.29) is 0 Å². The van der Waals surface area contributed by atoms with Crippen molar-refractivity contribution in [3.05, 3.63) is 36.1 Å². The van der Waals surface area contributed by atoms with Crippen LogP contribution in [0.4, 0.5) is 0 Å². The zero-order valence-corrected chi connectivity index (χ0v) is 6.54. The molecule has 1 nitrogen and oxygen atoms in total. The SMILES string of the molecule is C=NC(/C=C\C=C/C)=C/C. The van der Waals surface area contributed by atoms with E-state index in [0.29, 0.717) is 0 Å². The molecule has 0 unspecified atom stereocenters. The predicted octanol–water partition coefficient (Wildman–Crippen LogP) is 2.72. The number of hydrogen-bond donors (Lipinski definition) is 0. The molecule has 10 heavy (non-hydrogen) atoms. The molecule has 0 aromatic heterocycles. The molecule has 0 fully saturated rings. The van der Waals surface area contributed by atoms with Gasteiger partial charge in [0.05, 0.1) is 5.70 Å². The summed E-state index contributed by atoms with van der Waals surface area (Å²) in [5, 5.41) is 0. The summed E-state index contributed by atoms with van der Waals surface area (Å²) in [6.07, 6.45) is 9.67. The van der Waals surface area contributed by atoms with Crippen LogP contribution in [0.3, 0.4) is 0 Å². The van der Waals surface area contributed by atoms with Gasteiger partial charge in [0, 0.05) is 0 Å². The second-order valence-corrected chi connectivity index (χ2v) is 1.76. The molecular weight excluding hydrogens is 122 g/mol. The Labute approximate surface area is 62.5 Å². The van der Waals surface area contributed by atoms with E-state index in [4.69, 9.17) is 0 Å².